The highest BCUT2D eigenvalue weighted by atomic mass is 32.1. The van der Waals surface area contributed by atoms with Crippen LogP contribution >= 0.6 is 11.3 Å². The first-order valence-corrected chi connectivity index (χ1v) is 17.6. The summed E-state index contributed by atoms with van der Waals surface area (Å²) in [6.45, 7) is 12.6. The van der Waals surface area contributed by atoms with Crippen LogP contribution in [0, 0.1) is 23.7 Å². The minimum atomic E-state index is -1.92. The fourth-order valence-corrected chi connectivity index (χ4v) is 8.03. The van der Waals surface area contributed by atoms with Crippen molar-refractivity contribution in [2.45, 2.75) is 147 Å². The molecular weight excluding hydrogens is 630 g/mol. The Morgan fingerprint density at radius 1 is 1.04 bits per heavy atom. The van der Waals surface area contributed by atoms with Gasteiger partial charge in [0, 0.05) is 23.8 Å². The molecule has 3 heterocycles. The number of nitrogens with zero attached hydrogens (tertiary/aromatic N) is 1. The zero-order valence-corrected chi connectivity index (χ0v) is 30.0. The minimum absolute atomic E-state index is 0.0773. The fraction of sp³-hybridized carbons (Fsp3) is 0.824. The number of ether oxygens (including phenoxy) is 3. The van der Waals surface area contributed by atoms with Crippen LogP contribution in [0.2, 0.25) is 0 Å². The topological polar surface area (TPSA) is 186 Å². The lowest BCUT2D eigenvalue weighted by Crippen LogP contribution is -2.61. The summed E-state index contributed by atoms with van der Waals surface area (Å²) in [5, 5.41) is 70.7. The number of carbonyl (C=O) groups is 2. The Hall–Kier alpha value is -1.68. The molecule has 2 aliphatic heterocycles. The first-order chi connectivity index (χ1) is 21.7. The van der Waals surface area contributed by atoms with Crippen LogP contribution in [0.25, 0.3) is 0 Å². The Morgan fingerprint density at radius 3 is 2.26 bits per heavy atom. The van der Waals surface area contributed by atoms with Gasteiger partial charge in [-0.1, -0.05) is 33.8 Å². The van der Waals surface area contributed by atoms with Crippen LogP contribution in [0.15, 0.2) is 17.5 Å². The zero-order valence-electron chi connectivity index (χ0n) is 29.1. The van der Waals surface area contributed by atoms with Gasteiger partial charge >= 0.3 is 5.97 Å². The summed E-state index contributed by atoms with van der Waals surface area (Å²) >= 11 is 1.47. The van der Waals surface area contributed by atoms with Gasteiger partial charge in [0.15, 0.2) is 6.29 Å². The van der Waals surface area contributed by atoms with Gasteiger partial charge in [-0.15, -0.1) is 11.3 Å². The van der Waals surface area contributed by atoms with Crippen LogP contribution in [0.3, 0.4) is 0 Å². The SMILES string of the molecule is CC[C@H]1OC(=O)[C@H](C)[C@@H](O)[C@H](C)[C@@H](O[C@@H]2O[C@H](C)C[C@H](N(C)C(=O)Cc3cccs3)[C@H]2O)[C@](C)(O)C[C@@H](C)[C@H](O)[C@H](C)[C@@H](O)[C@]1(C)O. The second-order valence-corrected chi connectivity index (χ2v) is 15.5. The van der Waals surface area contributed by atoms with Crippen LogP contribution in [0.4, 0.5) is 0 Å². The lowest BCUT2D eigenvalue weighted by atomic mass is 9.73. The third-order valence-electron chi connectivity index (χ3n) is 10.4. The number of amides is 1. The zero-order chi connectivity index (χ0) is 35.6. The van der Waals surface area contributed by atoms with E-state index in [1.807, 2.05) is 17.5 Å². The molecule has 0 aromatic carbocycles. The van der Waals surface area contributed by atoms with E-state index in [0.29, 0.717) is 6.42 Å². The summed E-state index contributed by atoms with van der Waals surface area (Å²) < 4.78 is 18.1. The van der Waals surface area contributed by atoms with E-state index in [0.717, 1.165) is 4.88 Å². The first-order valence-electron chi connectivity index (χ1n) is 16.7. The lowest BCUT2D eigenvalue weighted by Gasteiger charge is -2.47. The van der Waals surface area contributed by atoms with Gasteiger partial charge in [-0.25, -0.2) is 0 Å². The molecule has 0 saturated carbocycles. The molecule has 270 valence electrons. The van der Waals surface area contributed by atoms with Gasteiger partial charge in [-0.05, 0) is 64.3 Å². The largest absolute Gasteiger partial charge is 0.459 e. The van der Waals surface area contributed by atoms with Crippen LogP contribution in [0.5, 0.6) is 0 Å². The maximum Gasteiger partial charge on any atom is 0.311 e. The van der Waals surface area contributed by atoms with E-state index in [1.165, 1.54) is 37.0 Å². The smallest absolute Gasteiger partial charge is 0.311 e. The van der Waals surface area contributed by atoms with Crippen molar-refractivity contribution in [3.8, 4) is 0 Å². The number of rotatable bonds is 6. The number of hydrogen-bond acceptors (Lipinski definition) is 12. The number of hydrogen-bond donors (Lipinski definition) is 6. The van der Waals surface area contributed by atoms with Crippen LogP contribution < -0.4 is 0 Å². The molecule has 0 unspecified atom stereocenters. The van der Waals surface area contributed by atoms with Crippen LogP contribution in [0.1, 0.15) is 79.5 Å². The molecule has 0 aliphatic carbocycles. The Bertz CT molecular complexity index is 1160. The highest BCUT2D eigenvalue weighted by Crippen LogP contribution is 2.38. The number of cyclic esters (lactones) is 1. The van der Waals surface area contributed by atoms with E-state index in [-0.39, 0.29) is 25.2 Å². The maximum atomic E-state index is 13.3. The third kappa shape index (κ3) is 8.92. The second-order valence-electron chi connectivity index (χ2n) is 14.5. The standard InChI is InChI=1S/C34H57NO11S/c1-10-24-34(8,43)29(40)19(4)26(37)17(2)16-33(7,42)30(20(5)27(38)21(6)31(41)45-24)46-32-28(39)23(14-18(3)44-32)35(9)25(36)15-22-12-11-13-47-22/h11-13,17-21,23-24,26-30,32,37-40,42-43H,10,14-16H2,1-9H3/t17-,18-,19+,20+,21-,23+,24-,26+,27+,28-,29-,30-,32+,33-,34-/m1/s1. The number of carbonyl (C=O) groups excluding carboxylic acids is 2. The maximum absolute atomic E-state index is 13.3. The van der Waals surface area contributed by atoms with Crippen LogP contribution in [-0.2, 0) is 30.2 Å². The molecule has 0 radical (unpaired) electrons. The molecule has 13 heteroatoms. The molecule has 1 aromatic heterocycles. The van der Waals surface area contributed by atoms with Crippen molar-refractivity contribution in [1.29, 1.82) is 0 Å². The molecule has 1 amide bonds. The normalized spacial score (nSPS) is 44.3. The quantitative estimate of drug-likeness (QED) is 0.240. The van der Waals surface area contributed by atoms with Crippen molar-refractivity contribution in [2.75, 3.05) is 7.05 Å². The third-order valence-corrected chi connectivity index (χ3v) is 11.3. The molecule has 6 N–H and O–H groups in total. The number of thiophene rings is 1. The molecule has 15 atom stereocenters. The molecule has 2 aliphatic rings. The number of likely N-dealkylation sites (N-methyl/N-ethyl adjacent to an activating group) is 1. The van der Waals surface area contributed by atoms with E-state index in [4.69, 9.17) is 14.2 Å². The van der Waals surface area contributed by atoms with Crippen LogP contribution in [-0.4, -0.2) is 121 Å². The van der Waals surface area contributed by atoms with E-state index in [1.54, 1.807) is 41.7 Å². The highest BCUT2D eigenvalue weighted by molar-refractivity contribution is 7.10. The van der Waals surface area contributed by atoms with Crippen molar-refractivity contribution in [2.24, 2.45) is 23.7 Å². The predicted molar refractivity (Wildman–Crippen MR) is 175 cm³/mol. The fourth-order valence-electron chi connectivity index (χ4n) is 7.33. The Kier molecular flexibility index (Phi) is 13.5. The van der Waals surface area contributed by atoms with Gasteiger partial charge in [0.2, 0.25) is 5.91 Å². The molecule has 12 nitrogen and oxygen atoms in total. The molecular formula is C34H57NO11S. The number of aliphatic hydroxyl groups excluding tert-OH is 4. The summed E-state index contributed by atoms with van der Waals surface area (Å²) in [7, 11) is 1.62. The van der Waals surface area contributed by atoms with Gasteiger partial charge in [0.1, 0.15) is 17.8 Å². The first kappa shape index (κ1) is 39.8. The molecule has 0 bridgehead atoms. The van der Waals surface area contributed by atoms with E-state index in [9.17, 15) is 40.2 Å². The number of esters is 1. The molecule has 0 spiro atoms. The highest BCUT2D eigenvalue weighted by Gasteiger charge is 2.51. The van der Waals surface area contributed by atoms with Gasteiger partial charge in [0.05, 0.1) is 54.5 Å². The van der Waals surface area contributed by atoms with Crippen molar-refractivity contribution in [3.05, 3.63) is 22.4 Å². The summed E-state index contributed by atoms with van der Waals surface area (Å²) in [6, 6.07) is 3.07. The van der Waals surface area contributed by atoms with Gasteiger partial charge in [-0.3, -0.25) is 9.59 Å². The number of aliphatic hydroxyl groups is 6. The molecule has 47 heavy (non-hydrogen) atoms. The molecule has 2 saturated heterocycles. The Labute approximate surface area is 282 Å². The van der Waals surface area contributed by atoms with Crippen molar-refractivity contribution < 1.29 is 54.4 Å². The summed E-state index contributed by atoms with van der Waals surface area (Å²) in [5.74, 6) is -4.62. The monoisotopic (exact) mass is 687 g/mol. The average Bonchev–Trinajstić information content (AvgIpc) is 3.53. The Balaban J connectivity index is 1.96. The summed E-state index contributed by atoms with van der Waals surface area (Å²) in [6.07, 6.45) is -8.98. The van der Waals surface area contributed by atoms with E-state index < -0.39 is 95.9 Å². The second kappa shape index (κ2) is 15.9. The van der Waals surface area contributed by atoms with Gasteiger partial charge < -0.3 is 49.7 Å². The minimum Gasteiger partial charge on any atom is -0.459 e. The predicted octanol–water partition coefficient (Wildman–Crippen LogP) is 1.85. The van der Waals surface area contributed by atoms with E-state index >= 15 is 0 Å². The Morgan fingerprint density at radius 2 is 1.68 bits per heavy atom. The lowest BCUT2D eigenvalue weighted by molar-refractivity contribution is -0.299. The van der Waals surface area contributed by atoms with E-state index in [2.05, 4.69) is 0 Å². The molecule has 2 fully saturated rings. The summed E-state index contributed by atoms with van der Waals surface area (Å²) in [5.41, 5.74) is -3.69. The van der Waals surface area contributed by atoms with Gasteiger partial charge in [-0.2, -0.15) is 0 Å². The summed E-state index contributed by atoms with van der Waals surface area (Å²) in [4.78, 5) is 28.9. The van der Waals surface area contributed by atoms with Crippen molar-refractivity contribution in [1.82, 2.24) is 4.90 Å². The van der Waals surface area contributed by atoms with Gasteiger partial charge in [0.25, 0.3) is 0 Å². The van der Waals surface area contributed by atoms with Crippen molar-refractivity contribution in [3.63, 3.8) is 0 Å². The molecule has 3 rings (SSSR count). The average molecular weight is 688 g/mol. The molecule has 1 aromatic rings. The van der Waals surface area contributed by atoms with Crippen molar-refractivity contribution >= 4 is 23.2 Å².